The Bertz CT molecular complexity index is 229. The highest BCUT2D eigenvalue weighted by Crippen LogP contribution is 2.15. The molecular formula is C26H54S2. The predicted molar refractivity (Wildman–Crippen MR) is 139 cm³/mol. The first-order valence-corrected chi connectivity index (χ1v) is 14.4. The molecule has 0 unspecified atom stereocenters. The SMILES string of the molecule is SCCCCCCCCCCCCCCCCCCCCCCCCCCS. The van der Waals surface area contributed by atoms with E-state index in [9.17, 15) is 0 Å². The molecule has 0 saturated carbocycles. The molecule has 0 aliphatic heterocycles. The van der Waals surface area contributed by atoms with Crippen molar-refractivity contribution in [2.75, 3.05) is 11.5 Å². The number of hydrogen-bond donors (Lipinski definition) is 2. The van der Waals surface area contributed by atoms with Crippen LogP contribution in [0, 0.1) is 0 Å². The molecule has 0 nitrogen and oxygen atoms in total. The summed E-state index contributed by atoms with van der Waals surface area (Å²) in [5, 5.41) is 0. The number of unbranched alkanes of at least 4 members (excludes halogenated alkanes) is 23. The minimum Gasteiger partial charge on any atom is -0.179 e. The Balaban J connectivity index is 2.96. The Kier molecular flexibility index (Phi) is 28.4. The van der Waals surface area contributed by atoms with E-state index in [1.807, 2.05) is 0 Å². The van der Waals surface area contributed by atoms with E-state index in [2.05, 4.69) is 25.3 Å². The highest BCUT2D eigenvalue weighted by molar-refractivity contribution is 7.80. The van der Waals surface area contributed by atoms with Gasteiger partial charge in [0.1, 0.15) is 0 Å². The van der Waals surface area contributed by atoms with Crippen LogP contribution in [0.3, 0.4) is 0 Å². The Morgan fingerprint density at radius 1 is 0.179 bits per heavy atom. The summed E-state index contributed by atoms with van der Waals surface area (Å²) in [6.07, 6.45) is 34.8. The standard InChI is InChI=1S/C26H54S2/c27-25-23-21-19-17-15-13-11-9-7-5-3-1-2-4-6-8-10-12-14-16-18-20-22-24-26-28/h27-28H,1-26H2. The lowest BCUT2D eigenvalue weighted by Gasteiger charge is -2.04. The van der Waals surface area contributed by atoms with Crippen LogP contribution >= 0.6 is 25.3 Å². The summed E-state index contributed by atoms with van der Waals surface area (Å²) in [5.74, 6) is 2.13. The van der Waals surface area contributed by atoms with E-state index in [1.165, 1.54) is 154 Å². The molecule has 2 heteroatoms. The van der Waals surface area contributed by atoms with Gasteiger partial charge in [-0.05, 0) is 24.3 Å². The van der Waals surface area contributed by atoms with Gasteiger partial charge in [0.05, 0.1) is 0 Å². The van der Waals surface area contributed by atoms with E-state index in [-0.39, 0.29) is 0 Å². The molecule has 0 aromatic heterocycles. The Morgan fingerprint density at radius 2 is 0.286 bits per heavy atom. The first-order chi connectivity index (χ1) is 13.9. The lowest BCUT2D eigenvalue weighted by atomic mass is 10.0. The monoisotopic (exact) mass is 430 g/mol. The molecule has 0 saturated heterocycles. The van der Waals surface area contributed by atoms with Crippen LogP contribution in [0.4, 0.5) is 0 Å². The van der Waals surface area contributed by atoms with Crippen molar-refractivity contribution in [3.8, 4) is 0 Å². The van der Waals surface area contributed by atoms with E-state index < -0.39 is 0 Å². The number of hydrogen-bond acceptors (Lipinski definition) is 2. The minimum absolute atomic E-state index is 1.07. The third-order valence-corrected chi connectivity index (χ3v) is 6.70. The zero-order chi connectivity index (χ0) is 20.4. The van der Waals surface area contributed by atoms with Gasteiger partial charge in [0.2, 0.25) is 0 Å². The van der Waals surface area contributed by atoms with E-state index in [0.29, 0.717) is 0 Å². The zero-order valence-corrected chi connectivity index (χ0v) is 21.1. The van der Waals surface area contributed by atoms with Gasteiger partial charge in [-0.25, -0.2) is 0 Å². The predicted octanol–water partition coefficient (Wildman–Crippen LogP) is 10.2. The van der Waals surface area contributed by atoms with Crippen LogP contribution in [0.15, 0.2) is 0 Å². The molecule has 0 bridgehead atoms. The van der Waals surface area contributed by atoms with Gasteiger partial charge >= 0.3 is 0 Å². The Hall–Kier alpha value is 0.700. The van der Waals surface area contributed by atoms with Gasteiger partial charge in [0, 0.05) is 0 Å². The van der Waals surface area contributed by atoms with Crippen molar-refractivity contribution in [2.24, 2.45) is 0 Å². The van der Waals surface area contributed by atoms with Crippen molar-refractivity contribution in [1.29, 1.82) is 0 Å². The van der Waals surface area contributed by atoms with Crippen LogP contribution in [0.2, 0.25) is 0 Å². The average Bonchev–Trinajstić information content (AvgIpc) is 2.71. The third kappa shape index (κ3) is 26.7. The average molecular weight is 431 g/mol. The second kappa shape index (κ2) is 27.7. The summed E-state index contributed by atoms with van der Waals surface area (Å²) in [5.41, 5.74) is 0. The van der Waals surface area contributed by atoms with Crippen LogP contribution in [-0.2, 0) is 0 Å². The minimum atomic E-state index is 1.07. The van der Waals surface area contributed by atoms with Crippen molar-refractivity contribution < 1.29 is 0 Å². The molecule has 170 valence electrons. The molecule has 0 N–H and O–H groups in total. The maximum atomic E-state index is 4.27. The van der Waals surface area contributed by atoms with E-state index in [1.54, 1.807) is 0 Å². The van der Waals surface area contributed by atoms with Gasteiger partial charge in [-0.3, -0.25) is 0 Å². The van der Waals surface area contributed by atoms with Crippen molar-refractivity contribution in [3.05, 3.63) is 0 Å². The molecular weight excluding hydrogens is 376 g/mol. The highest BCUT2D eigenvalue weighted by Gasteiger charge is 1.96. The third-order valence-electron chi connectivity index (χ3n) is 6.07. The zero-order valence-electron chi connectivity index (χ0n) is 19.3. The van der Waals surface area contributed by atoms with Gasteiger partial charge in [0.15, 0.2) is 0 Å². The molecule has 0 aromatic rings. The molecule has 0 atom stereocenters. The summed E-state index contributed by atoms with van der Waals surface area (Å²) in [6.45, 7) is 0. The van der Waals surface area contributed by atoms with Crippen molar-refractivity contribution in [2.45, 2.75) is 154 Å². The highest BCUT2D eigenvalue weighted by atomic mass is 32.1. The van der Waals surface area contributed by atoms with E-state index >= 15 is 0 Å². The van der Waals surface area contributed by atoms with Crippen molar-refractivity contribution in [1.82, 2.24) is 0 Å². The topological polar surface area (TPSA) is 0 Å². The summed E-state index contributed by atoms with van der Waals surface area (Å²) < 4.78 is 0. The molecule has 0 aromatic carbocycles. The number of thiol groups is 2. The number of rotatable bonds is 25. The van der Waals surface area contributed by atoms with E-state index in [0.717, 1.165) is 11.5 Å². The fraction of sp³-hybridized carbons (Fsp3) is 1.00. The summed E-state index contributed by atoms with van der Waals surface area (Å²) in [6, 6.07) is 0. The van der Waals surface area contributed by atoms with Gasteiger partial charge in [0.25, 0.3) is 0 Å². The Morgan fingerprint density at radius 3 is 0.393 bits per heavy atom. The molecule has 28 heavy (non-hydrogen) atoms. The van der Waals surface area contributed by atoms with Gasteiger partial charge in [-0.2, -0.15) is 25.3 Å². The lowest BCUT2D eigenvalue weighted by Crippen LogP contribution is -1.85. The molecule has 0 amide bonds. The van der Waals surface area contributed by atoms with Crippen LogP contribution in [0.1, 0.15) is 154 Å². The van der Waals surface area contributed by atoms with Gasteiger partial charge < -0.3 is 0 Å². The molecule has 0 fully saturated rings. The molecule has 0 aliphatic carbocycles. The first-order valence-electron chi connectivity index (χ1n) is 13.1. The molecule has 0 heterocycles. The van der Waals surface area contributed by atoms with Crippen LogP contribution in [0.25, 0.3) is 0 Å². The van der Waals surface area contributed by atoms with Crippen LogP contribution < -0.4 is 0 Å². The maximum Gasteiger partial charge on any atom is -0.00979 e. The second-order valence-corrected chi connectivity index (χ2v) is 9.83. The first kappa shape index (κ1) is 28.7. The smallest absolute Gasteiger partial charge is 0.00979 e. The van der Waals surface area contributed by atoms with Crippen molar-refractivity contribution in [3.63, 3.8) is 0 Å². The van der Waals surface area contributed by atoms with Crippen LogP contribution in [-0.4, -0.2) is 11.5 Å². The summed E-state index contributed by atoms with van der Waals surface area (Å²) in [4.78, 5) is 0. The Labute approximate surface area is 190 Å². The van der Waals surface area contributed by atoms with Gasteiger partial charge in [-0.1, -0.05) is 141 Å². The van der Waals surface area contributed by atoms with Gasteiger partial charge in [-0.15, -0.1) is 0 Å². The molecule has 0 spiro atoms. The second-order valence-electron chi connectivity index (χ2n) is 8.93. The normalized spacial score (nSPS) is 11.4. The van der Waals surface area contributed by atoms with Crippen molar-refractivity contribution >= 4 is 25.3 Å². The largest absolute Gasteiger partial charge is 0.179 e. The maximum absolute atomic E-state index is 4.27. The lowest BCUT2D eigenvalue weighted by molar-refractivity contribution is 0.518. The quantitative estimate of drug-likeness (QED) is 0.104. The summed E-state index contributed by atoms with van der Waals surface area (Å²) >= 11 is 8.54. The molecule has 0 radical (unpaired) electrons. The van der Waals surface area contributed by atoms with Crippen LogP contribution in [0.5, 0.6) is 0 Å². The summed E-state index contributed by atoms with van der Waals surface area (Å²) in [7, 11) is 0. The van der Waals surface area contributed by atoms with E-state index in [4.69, 9.17) is 0 Å². The molecule has 0 aliphatic rings. The fourth-order valence-electron chi connectivity index (χ4n) is 4.11. The molecule has 0 rings (SSSR count). The fourth-order valence-corrected chi connectivity index (χ4v) is 4.56.